The van der Waals surface area contributed by atoms with Gasteiger partial charge in [-0.15, -0.1) is 0 Å². The van der Waals surface area contributed by atoms with Crippen LogP contribution in [0.15, 0.2) is 36.4 Å². The highest BCUT2D eigenvalue weighted by molar-refractivity contribution is 7.92. The Morgan fingerprint density at radius 2 is 1.69 bits per heavy atom. The maximum Gasteiger partial charge on any atom is 0.255 e. The minimum atomic E-state index is -3.45. The molecule has 0 aliphatic heterocycles. The largest absolute Gasteiger partial charge is 0.494 e. The molecule has 0 unspecified atom stereocenters. The van der Waals surface area contributed by atoms with Crippen LogP contribution in [0.25, 0.3) is 0 Å². The van der Waals surface area contributed by atoms with Crippen molar-refractivity contribution in [1.82, 2.24) is 0 Å². The fourth-order valence-electron chi connectivity index (χ4n) is 2.46. The van der Waals surface area contributed by atoms with Crippen LogP contribution in [0, 0.1) is 0 Å². The highest BCUT2D eigenvalue weighted by atomic mass is 32.2. The van der Waals surface area contributed by atoms with Gasteiger partial charge in [-0.25, -0.2) is 8.42 Å². The van der Waals surface area contributed by atoms with Crippen LogP contribution >= 0.6 is 0 Å². The Morgan fingerprint density at radius 3 is 2.28 bits per heavy atom. The first-order valence-electron chi connectivity index (χ1n) is 9.03. The van der Waals surface area contributed by atoms with Crippen molar-refractivity contribution in [3.63, 3.8) is 0 Å². The second-order valence-corrected chi connectivity index (χ2v) is 8.42. The maximum absolute atomic E-state index is 12.6. The normalized spacial score (nSPS) is 11.1. The molecule has 0 heterocycles. The number of rotatable bonds is 9. The van der Waals surface area contributed by atoms with E-state index in [1.54, 1.807) is 30.3 Å². The molecule has 0 aromatic heterocycles. The van der Waals surface area contributed by atoms with Crippen LogP contribution in [0.2, 0.25) is 0 Å². The minimum absolute atomic E-state index is 0.0281. The number of carbonyl (C=O) groups is 1. The van der Waals surface area contributed by atoms with Crippen molar-refractivity contribution in [2.75, 3.05) is 30.0 Å². The highest BCUT2D eigenvalue weighted by Gasteiger charge is 2.15. The fraction of sp³-hybridized carbons (Fsp3) is 0.350. The van der Waals surface area contributed by atoms with E-state index in [9.17, 15) is 13.2 Å². The smallest absolute Gasteiger partial charge is 0.255 e. The van der Waals surface area contributed by atoms with Gasteiger partial charge in [-0.1, -0.05) is 0 Å². The fourth-order valence-corrected chi connectivity index (χ4v) is 3.10. The van der Waals surface area contributed by atoms with Gasteiger partial charge < -0.3 is 19.5 Å². The zero-order chi connectivity index (χ0) is 21.6. The SMILES string of the molecule is CCS(=O)(=O)Nc1ccc(NC(=O)c2ccc(OC(C)C)c(OC)c2)cc1OC. The molecular formula is C20H26N2O6S. The van der Waals surface area contributed by atoms with Gasteiger partial charge in [0.05, 0.1) is 31.8 Å². The van der Waals surface area contributed by atoms with Crippen LogP contribution in [0.3, 0.4) is 0 Å². The lowest BCUT2D eigenvalue weighted by atomic mass is 10.1. The average molecular weight is 423 g/mol. The van der Waals surface area contributed by atoms with Crippen LogP contribution in [0.1, 0.15) is 31.1 Å². The molecule has 0 saturated heterocycles. The summed E-state index contributed by atoms with van der Waals surface area (Å²) in [5.74, 6) is 0.871. The van der Waals surface area contributed by atoms with Crippen LogP contribution in [0.5, 0.6) is 17.2 Å². The Morgan fingerprint density at radius 1 is 1.00 bits per heavy atom. The standard InChI is InChI=1S/C20H26N2O6S/c1-6-29(24,25)22-16-9-8-15(12-18(16)26-4)21-20(23)14-7-10-17(28-13(2)3)19(11-14)27-5/h7-13,22H,6H2,1-5H3,(H,21,23). The number of anilines is 2. The molecule has 2 aromatic rings. The molecule has 0 aliphatic carbocycles. The molecule has 9 heteroatoms. The summed E-state index contributed by atoms with van der Waals surface area (Å²) in [6.07, 6.45) is -0.0281. The highest BCUT2D eigenvalue weighted by Crippen LogP contribution is 2.31. The summed E-state index contributed by atoms with van der Waals surface area (Å²) >= 11 is 0. The summed E-state index contributed by atoms with van der Waals surface area (Å²) in [5, 5.41) is 2.76. The van der Waals surface area contributed by atoms with Crippen LogP contribution in [0.4, 0.5) is 11.4 Å². The first kappa shape index (κ1) is 22.4. The van der Waals surface area contributed by atoms with Crippen molar-refractivity contribution >= 4 is 27.3 Å². The lowest BCUT2D eigenvalue weighted by molar-refractivity contribution is 0.102. The number of ether oxygens (including phenoxy) is 3. The van der Waals surface area contributed by atoms with E-state index in [0.717, 1.165) is 0 Å². The number of carbonyl (C=O) groups excluding carboxylic acids is 1. The van der Waals surface area contributed by atoms with Gasteiger partial charge in [-0.2, -0.15) is 0 Å². The quantitative estimate of drug-likeness (QED) is 0.641. The van der Waals surface area contributed by atoms with E-state index in [0.29, 0.717) is 28.4 Å². The second kappa shape index (κ2) is 9.51. The van der Waals surface area contributed by atoms with E-state index in [1.807, 2.05) is 13.8 Å². The van der Waals surface area contributed by atoms with Crippen molar-refractivity contribution in [2.24, 2.45) is 0 Å². The molecule has 0 aliphatic rings. The molecule has 2 N–H and O–H groups in total. The third-order valence-electron chi connectivity index (χ3n) is 3.89. The Hall–Kier alpha value is -2.94. The molecule has 29 heavy (non-hydrogen) atoms. The van der Waals surface area contributed by atoms with Gasteiger partial charge in [0.2, 0.25) is 10.0 Å². The number of nitrogens with one attached hydrogen (secondary N) is 2. The van der Waals surface area contributed by atoms with Crippen LogP contribution < -0.4 is 24.2 Å². The van der Waals surface area contributed by atoms with Gasteiger partial charge in [0.25, 0.3) is 5.91 Å². The molecule has 0 bridgehead atoms. The lowest BCUT2D eigenvalue weighted by Crippen LogP contribution is -2.16. The third-order valence-corrected chi connectivity index (χ3v) is 5.18. The van der Waals surface area contributed by atoms with Gasteiger partial charge in [-0.05, 0) is 51.1 Å². The van der Waals surface area contributed by atoms with Gasteiger partial charge in [-0.3, -0.25) is 9.52 Å². The molecule has 1 amide bonds. The zero-order valence-corrected chi connectivity index (χ0v) is 17.9. The Bertz CT molecular complexity index is 973. The van der Waals surface area contributed by atoms with Crippen LogP contribution in [-0.4, -0.2) is 40.4 Å². The third kappa shape index (κ3) is 6.02. The molecule has 0 atom stereocenters. The molecule has 0 saturated carbocycles. The van der Waals surface area contributed by atoms with Crippen molar-refractivity contribution in [3.8, 4) is 17.2 Å². The number of benzene rings is 2. The van der Waals surface area contributed by atoms with E-state index < -0.39 is 10.0 Å². The summed E-state index contributed by atoms with van der Waals surface area (Å²) in [6.45, 7) is 5.34. The van der Waals surface area contributed by atoms with E-state index in [2.05, 4.69) is 10.0 Å². The van der Waals surface area contributed by atoms with Gasteiger partial charge in [0, 0.05) is 17.3 Å². The molecular weight excluding hydrogens is 396 g/mol. The molecule has 2 aromatic carbocycles. The summed E-state index contributed by atoms with van der Waals surface area (Å²) < 4.78 is 42.2. The van der Waals surface area contributed by atoms with E-state index in [1.165, 1.54) is 27.2 Å². The molecule has 0 fully saturated rings. The van der Waals surface area contributed by atoms with Gasteiger partial charge in [0.15, 0.2) is 11.5 Å². The number of amides is 1. The van der Waals surface area contributed by atoms with Crippen LogP contribution in [-0.2, 0) is 10.0 Å². The monoisotopic (exact) mass is 422 g/mol. The van der Waals surface area contributed by atoms with Crippen molar-refractivity contribution < 1.29 is 27.4 Å². The van der Waals surface area contributed by atoms with Crippen molar-refractivity contribution in [2.45, 2.75) is 26.9 Å². The first-order valence-corrected chi connectivity index (χ1v) is 10.7. The molecule has 0 radical (unpaired) electrons. The Balaban J connectivity index is 2.22. The maximum atomic E-state index is 12.6. The van der Waals surface area contributed by atoms with E-state index >= 15 is 0 Å². The van der Waals surface area contributed by atoms with Gasteiger partial charge >= 0.3 is 0 Å². The minimum Gasteiger partial charge on any atom is -0.494 e. The number of sulfonamides is 1. The van der Waals surface area contributed by atoms with Gasteiger partial charge in [0.1, 0.15) is 5.75 Å². The number of methoxy groups -OCH3 is 2. The molecule has 8 nitrogen and oxygen atoms in total. The Kier molecular flexibility index (Phi) is 7.33. The summed E-state index contributed by atoms with van der Waals surface area (Å²) in [5.41, 5.74) is 1.13. The second-order valence-electron chi connectivity index (χ2n) is 6.41. The molecule has 158 valence electrons. The molecule has 0 spiro atoms. The topological polar surface area (TPSA) is 103 Å². The predicted octanol–water partition coefficient (Wildman–Crippen LogP) is 3.50. The number of hydrogen-bond acceptors (Lipinski definition) is 6. The molecule has 2 rings (SSSR count). The summed E-state index contributed by atoms with van der Waals surface area (Å²) in [7, 11) is -0.523. The first-order chi connectivity index (χ1) is 13.7. The summed E-state index contributed by atoms with van der Waals surface area (Å²) in [4.78, 5) is 12.6. The zero-order valence-electron chi connectivity index (χ0n) is 17.1. The van der Waals surface area contributed by atoms with E-state index in [-0.39, 0.29) is 23.5 Å². The predicted molar refractivity (Wildman–Crippen MR) is 113 cm³/mol. The summed E-state index contributed by atoms with van der Waals surface area (Å²) in [6, 6.07) is 9.56. The Labute approximate surface area is 171 Å². The van der Waals surface area contributed by atoms with E-state index in [4.69, 9.17) is 14.2 Å². The lowest BCUT2D eigenvalue weighted by Gasteiger charge is -2.15. The average Bonchev–Trinajstić information content (AvgIpc) is 2.68. The van der Waals surface area contributed by atoms with Crippen molar-refractivity contribution in [3.05, 3.63) is 42.0 Å². The number of hydrogen-bond donors (Lipinski definition) is 2. The van der Waals surface area contributed by atoms with Crippen molar-refractivity contribution in [1.29, 1.82) is 0 Å².